The summed E-state index contributed by atoms with van der Waals surface area (Å²) in [5, 5.41) is 0. The molecule has 2 aliphatic carbocycles. The Morgan fingerprint density at radius 2 is 1.87 bits per heavy atom. The minimum Gasteiger partial charge on any atom is -0.443 e. The number of carbonyl (C=O) groups excluding carboxylic acids is 2. The summed E-state index contributed by atoms with van der Waals surface area (Å²) in [6, 6.07) is -0.618. The summed E-state index contributed by atoms with van der Waals surface area (Å²) in [6.45, 7) is 6.68. The zero-order chi connectivity index (χ0) is 22.7. The van der Waals surface area contributed by atoms with E-state index in [1.807, 2.05) is 6.92 Å². The third-order valence-corrected chi connectivity index (χ3v) is 7.27. The molecule has 2 saturated carbocycles. The molecule has 0 saturated heterocycles. The summed E-state index contributed by atoms with van der Waals surface area (Å²) >= 11 is 0. The van der Waals surface area contributed by atoms with Crippen molar-refractivity contribution in [2.24, 2.45) is 17.3 Å². The van der Waals surface area contributed by atoms with E-state index in [1.54, 1.807) is 20.8 Å². The third-order valence-electron chi connectivity index (χ3n) is 6.31. The number of rotatable bonds is 2. The van der Waals surface area contributed by atoms with Gasteiger partial charge in [0.05, 0.1) is 0 Å². The minimum absolute atomic E-state index is 0.0503. The molecular weight excluding hydrogens is 427 g/mol. The van der Waals surface area contributed by atoms with Gasteiger partial charge in [0.1, 0.15) is 11.4 Å². The fourth-order valence-corrected chi connectivity index (χ4v) is 5.42. The van der Waals surface area contributed by atoms with Crippen LogP contribution in [0.3, 0.4) is 0 Å². The summed E-state index contributed by atoms with van der Waals surface area (Å²) in [6.07, 6.45) is 2.25. The van der Waals surface area contributed by atoms with Crippen molar-refractivity contribution in [3.8, 4) is 0 Å². The first-order valence-electron chi connectivity index (χ1n) is 9.83. The van der Waals surface area contributed by atoms with Gasteiger partial charge < -0.3 is 8.92 Å². The molecule has 1 amide bonds. The molecular formula is C19H26F3NO6S. The molecule has 3 rings (SSSR count). The SMILES string of the molecule is CC(C)(C)OC(=O)N1C(OS(=O)(=O)C(F)(F)F)=CC[C@@H]2[C@@H]1CC[C@]1(C)C(=O)CC[C@@H]21. The van der Waals surface area contributed by atoms with Crippen LogP contribution in [0.25, 0.3) is 0 Å². The maximum absolute atomic E-state index is 12.9. The standard InChI is InChI=1S/C19H26F3NO6S/c1-17(2,3)28-16(25)23-13-9-10-18(4)12(6-7-14(18)24)11(13)5-8-15(23)29-30(26,27)19(20,21)22/h8,11-13H,5-7,9-10H2,1-4H3/t11-,12-,13-,18-/m0/s1. The molecule has 1 aliphatic heterocycles. The summed E-state index contributed by atoms with van der Waals surface area (Å²) < 4.78 is 71.5. The minimum atomic E-state index is -5.96. The van der Waals surface area contributed by atoms with Crippen molar-refractivity contribution in [1.29, 1.82) is 0 Å². The Hall–Kier alpha value is -1.78. The average molecular weight is 453 g/mol. The van der Waals surface area contributed by atoms with Gasteiger partial charge in [0.25, 0.3) is 0 Å². The van der Waals surface area contributed by atoms with E-state index < -0.39 is 44.7 Å². The normalized spacial score (nSPS) is 32.2. The number of halogens is 3. The van der Waals surface area contributed by atoms with Gasteiger partial charge in [-0.05, 0) is 64.4 Å². The summed E-state index contributed by atoms with van der Waals surface area (Å²) in [7, 11) is -5.96. The van der Waals surface area contributed by atoms with Crippen LogP contribution in [0.1, 0.15) is 59.8 Å². The topological polar surface area (TPSA) is 90.0 Å². The van der Waals surface area contributed by atoms with Crippen molar-refractivity contribution < 1.29 is 40.1 Å². The Balaban J connectivity index is 1.98. The lowest BCUT2D eigenvalue weighted by Crippen LogP contribution is -2.55. The molecule has 11 heteroatoms. The van der Waals surface area contributed by atoms with Crippen molar-refractivity contribution in [3.63, 3.8) is 0 Å². The molecule has 2 fully saturated rings. The van der Waals surface area contributed by atoms with Crippen molar-refractivity contribution in [1.82, 2.24) is 4.90 Å². The first-order valence-corrected chi connectivity index (χ1v) is 11.2. The van der Waals surface area contributed by atoms with Gasteiger partial charge in [-0.25, -0.2) is 9.69 Å². The second-order valence-corrected chi connectivity index (χ2v) is 10.9. The summed E-state index contributed by atoms with van der Waals surface area (Å²) in [5.74, 6) is -0.800. The van der Waals surface area contributed by atoms with E-state index in [0.717, 1.165) is 4.90 Å². The number of amides is 1. The van der Waals surface area contributed by atoms with Gasteiger partial charge in [0.2, 0.25) is 5.88 Å². The highest BCUT2D eigenvalue weighted by Gasteiger charge is 2.58. The number of fused-ring (bicyclic) bond motifs is 3. The van der Waals surface area contributed by atoms with E-state index in [1.165, 1.54) is 6.08 Å². The molecule has 0 aromatic heterocycles. The monoisotopic (exact) mass is 453 g/mol. The van der Waals surface area contributed by atoms with Crippen LogP contribution < -0.4 is 0 Å². The molecule has 0 aromatic rings. The predicted octanol–water partition coefficient (Wildman–Crippen LogP) is 4.10. The van der Waals surface area contributed by atoms with Crippen LogP contribution in [-0.2, 0) is 23.8 Å². The van der Waals surface area contributed by atoms with E-state index in [-0.39, 0.29) is 24.0 Å². The van der Waals surface area contributed by atoms with Gasteiger partial charge in [0.15, 0.2) is 0 Å². The lowest BCUT2D eigenvalue weighted by atomic mass is 9.60. The van der Waals surface area contributed by atoms with Gasteiger partial charge >= 0.3 is 21.7 Å². The van der Waals surface area contributed by atoms with Crippen LogP contribution in [-0.4, -0.2) is 42.3 Å². The fourth-order valence-electron chi connectivity index (χ4n) is 4.95. The van der Waals surface area contributed by atoms with Crippen LogP contribution in [0.5, 0.6) is 0 Å². The molecule has 0 unspecified atom stereocenters. The molecule has 7 nitrogen and oxygen atoms in total. The quantitative estimate of drug-likeness (QED) is 0.462. The van der Waals surface area contributed by atoms with Gasteiger partial charge in [-0.2, -0.15) is 21.6 Å². The highest BCUT2D eigenvalue weighted by atomic mass is 32.2. The number of alkyl halides is 3. The molecule has 0 bridgehead atoms. The van der Waals surface area contributed by atoms with Crippen molar-refractivity contribution in [2.45, 2.75) is 77.0 Å². The first kappa shape index (κ1) is 22.9. The lowest BCUT2D eigenvalue weighted by Gasteiger charge is -2.50. The van der Waals surface area contributed by atoms with Gasteiger partial charge in [-0.1, -0.05) is 6.92 Å². The smallest absolute Gasteiger partial charge is 0.443 e. The number of nitrogens with zero attached hydrogens (tertiary/aromatic N) is 1. The number of Topliss-reactive ketones (excluding diaryl/α,β-unsaturated/α-hetero) is 1. The van der Waals surface area contributed by atoms with Crippen LogP contribution >= 0.6 is 0 Å². The lowest BCUT2D eigenvalue weighted by molar-refractivity contribution is -0.130. The van der Waals surface area contributed by atoms with Crippen LogP contribution in [0.15, 0.2) is 12.0 Å². The Morgan fingerprint density at radius 3 is 2.43 bits per heavy atom. The molecule has 170 valence electrons. The summed E-state index contributed by atoms with van der Waals surface area (Å²) in [5.41, 5.74) is -7.12. The molecule has 0 N–H and O–H groups in total. The Bertz CT molecular complexity index is 876. The van der Waals surface area contributed by atoms with E-state index >= 15 is 0 Å². The first-order chi connectivity index (χ1) is 13.6. The third kappa shape index (κ3) is 3.92. The van der Waals surface area contributed by atoms with Crippen molar-refractivity contribution >= 4 is 22.0 Å². The number of hydrogen-bond donors (Lipinski definition) is 0. The molecule has 0 spiro atoms. The Morgan fingerprint density at radius 1 is 1.23 bits per heavy atom. The zero-order valence-electron chi connectivity index (χ0n) is 17.3. The van der Waals surface area contributed by atoms with E-state index in [4.69, 9.17) is 4.74 Å². The number of ether oxygens (including phenoxy) is 1. The van der Waals surface area contributed by atoms with Crippen LogP contribution in [0, 0.1) is 17.3 Å². The van der Waals surface area contributed by atoms with Gasteiger partial charge in [-0.3, -0.25) is 4.79 Å². The van der Waals surface area contributed by atoms with Gasteiger partial charge in [0, 0.05) is 17.9 Å². The second-order valence-electron chi connectivity index (χ2n) is 9.37. The summed E-state index contributed by atoms with van der Waals surface area (Å²) in [4.78, 5) is 26.2. The predicted molar refractivity (Wildman–Crippen MR) is 99.2 cm³/mol. The molecule has 1 heterocycles. The van der Waals surface area contributed by atoms with Gasteiger partial charge in [-0.15, -0.1) is 0 Å². The second kappa shape index (κ2) is 7.13. The maximum Gasteiger partial charge on any atom is 0.534 e. The fraction of sp³-hybridized carbons (Fsp3) is 0.789. The number of carbonyl (C=O) groups is 2. The van der Waals surface area contributed by atoms with Crippen molar-refractivity contribution in [3.05, 3.63) is 12.0 Å². The van der Waals surface area contributed by atoms with Crippen molar-refractivity contribution in [2.75, 3.05) is 0 Å². The Kier molecular flexibility index (Phi) is 5.44. The molecule has 4 atom stereocenters. The van der Waals surface area contributed by atoms with E-state index in [0.29, 0.717) is 25.7 Å². The number of ketones is 1. The number of hydrogen-bond acceptors (Lipinski definition) is 6. The molecule has 30 heavy (non-hydrogen) atoms. The van der Waals surface area contributed by atoms with Crippen LogP contribution in [0.4, 0.5) is 18.0 Å². The largest absolute Gasteiger partial charge is 0.534 e. The molecule has 0 aromatic carbocycles. The van der Waals surface area contributed by atoms with E-state index in [9.17, 15) is 31.2 Å². The highest BCUT2D eigenvalue weighted by Crippen LogP contribution is 2.56. The average Bonchev–Trinajstić information content (AvgIpc) is 2.87. The number of allylic oxidation sites excluding steroid dienone is 1. The Labute approximate surface area is 173 Å². The molecule has 0 radical (unpaired) electrons. The maximum atomic E-state index is 12.9. The van der Waals surface area contributed by atoms with Crippen LogP contribution in [0.2, 0.25) is 0 Å². The highest BCUT2D eigenvalue weighted by molar-refractivity contribution is 7.87. The zero-order valence-corrected chi connectivity index (χ0v) is 18.1. The van der Waals surface area contributed by atoms with E-state index in [2.05, 4.69) is 4.18 Å². The molecule has 3 aliphatic rings.